The van der Waals surface area contributed by atoms with Crippen LogP contribution in [0, 0.1) is 33.5 Å². The van der Waals surface area contributed by atoms with E-state index in [1.165, 1.54) is 0 Å². The van der Waals surface area contributed by atoms with Gasteiger partial charge in [-0.1, -0.05) is 42.5 Å². The molecule has 7 heteroatoms. The van der Waals surface area contributed by atoms with E-state index in [1.807, 2.05) is 54.6 Å². The average molecular weight is 386 g/mol. The highest BCUT2D eigenvalue weighted by molar-refractivity contribution is 6.00. The minimum atomic E-state index is -1.51. The second kappa shape index (κ2) is 6.05. The van der Waals surface area contributed by atoms with Gasteiger partial charge in [-0.3, -0.25) is 0 Å². The smallest absolute Gasteiger partial charge is 0.293 e. The number of amidine groups is 1. The first-order valence-corrected chi connectivity index (χ1v) is 9.36. The molecule has 2 N–H and O–H groups in total. The average Bonchev–Trinajstić information content (AvgIpc) is 3.01. The predicted octanol–water partition coefficient (Wildman–Crippen LogP) is 2.45. The molecule has 0 radical (unpaired) electrons. The third kappa shape index (κ3) is 2.09. The van der Waals surface area contributed by atoms with Crippen LogP contribution in [0.15, 0.2) is 59.6 Å². The number of hydrogen-bond donors (Lipinski definition) is 1. The lowest BCUT2D eigenvalue weighted by Gasteiger charge is -2.25. The van der Waals surface area contributed by atoms with Crippen molar-refractivity contribution in [3.8, 4) is 17.9 Å². The molecule has 3 atom stereocenters. The number of benzene rings is 2. The van der Waals surface area contributed by atoms with Crippen LogP contribution in [0.1, 0.15) is 17.0 Å². The van der Waals surface area contributed by atoms with Crippen molar-refractivity contribution < 1.29 is 14.2 Å². The molecule has 0 amide bonds. The Balaban J connectivity index is 1.44. The van der Waals surface area contributed by atoms with Gasteiger partial charge in [-0.15, -0.1) is 0 Å². The molecule has 7 nitrogen and oxygen atoms in total. The number of nitriles is 2. The zero-order chi connectivity index (χ0) is 20.1. The topological polar surface area (TPSA) is 114 Å². The molecule has 2 aromatic rings. The van der Waals surface area contributed by atoms with Crippen LogP contribution in [0.3, 0.4) is 0 Å². The minimum Gasteiger partial charge on any atom is -0.489 e. The van der Waals surface area contributed by atoms with Crippen molar-refractivity contribution in [3.63, 3.8) is 0 Å². The third-order valence-electron chi connectivity index (χ3n) is 6.07. The molecule has 2 aromatic carbocycles. The molecule has 5 rings (SSSR count). The van der Waals surface area contributed by atoms with Gasteiger partial charge in [0, 0.05) is 5.92 Å². The highest BCUT2D eigenvalue weighted by Crippen LogP contribution is 2.82. The lowest BCUT2D eigenvalue weighted by molar-refractivity contribution is -0.184. The van der Waals surface area contributed by atoms with Gasteiger partial charge in [0.1, 0.15) is 23.6 Å². The van der Waals surface area contributed by atoms with E-state index in [0.29, 0.717) is 25.6 Å². The maximum absolute atomic E-state index is 10.1. The van der Waals surface area contributed by atoms with Crippen molar-refractivity contribution in [1.29, 1.82) is 10.5 Å². The van der Waals surface area contributed by atoms with Gasteiger partial charge in [0.25, 0.3) is 5.91 Å². The summed E-state index contributed by atoms with van der Waals surface area (Å²) in [6.07, 6.45) is 0. The summed E-state index contributed by atoms with van der Waals surface area (Å²) in [4.78, 5) is 4.27. The molecule has 144 valence electrons. The molecule has 29 heavy (non-hydrogen) atoms. The van der Waals surface area contributed by atoms with Gasteiger partial charge in [-0.25, -0.2) is 4.99 Å². The summed E-state index contributed by atoms with van der Waals surface area (Å²) in [7, 11) is 0. The Morgan fingerprint density at radius 1 is 1.03 bits per heavy atom. The fourth-order valence-electron chi connectivity index (χ4n) is 4.72. The summed E-state index contributed by atoms with van der Waals surface area (Å²) in [6.45, 7) is 1.07. The first-order valence-electron chi connectivity index (χ1n) is 9.36. The van der Waals surface area contributed by atoms with Crippen LogP contribution in [-0.2, 0) is 16.1 Å². The molecule has 1 saturated carbocycles. The fraction of sp³-hybridized carbons (Fsp3) is 0.318. The minimum absolute atomic E-state index is 0.0952. The van der Waals surface area contributed by atoms with E-state index in [0.717, 1.165) is 11.1 Å². The first kappa shape index (κ1) is 17.7. The van der Waals surface area contributed by atoms with E-state index in [4.69, 9.17) is 19.9 Å². The number of hydrogen-bond acceptors (Lipinski definition) is 7. The zero-order valence-corrected chi connectivity index (χ0v) is 15.5. The molecule has 0 unspecified atom stereocenters. The Labute approximate surface area is 167 Å². The number of aliphatic imine (C=N–C) groups is 1. The highest BCUT2D eigenvalue weighted by Gasteiger charge is 2.94. The maximum Gasteiger partial charge on any atom is 0.293 e. The van der Waals surface area contributed by atoms with E-state index in [-0.39, 0.29) is 5.84 Å². The summed E-state index contributed by atoms with van der Waals surface area (Å²) in [5.74, 6) is -1.19. The predicted molar refractivity (Wildman–Crippen MR) is 102 cm³/mol. The van der Waals surface area contributed by atoms with E-state index in [1.54, 1.807) is 0 Å². The zero-order valence-electron chi connectivity index (χ0n) is 15.5. The van der Waals surface area contributed by atoms with Crippen molar-refractivity contribution >= 4 is 5.84 Å². The van der Waals surface area contributed by atoms with E-state index in [9.17, 15) is 10.5 Å². The van der Waals surface area contributed by atoms with Gasteiger partial charge < -0.3 is 19.9 Å². The summed E-state index contributed by atoms with van der Waals surface area (Å²) < 4.78 is 17.3. The van der Waals surface area contributed by atoms with Gasteiger partial charge in [0.05, 0.1) is 25.4 Å². The molecule has 0 aromatic heterocycles. The normalized spacial score (nSPS) is 30.8. The Kier molecular flexibility index (Phi) is 3.69. The van der Waals surface area contributed by atoms with Crippen molar-refractivity contribution in [2.45, 2.75) is 18.4 Å². The van der Waals surface area contributed by atoms with E-state index < -0.39 is 22.7 Å². The second-order valence-corrected chi connectivity index (χ2v) is 7.39. The lowest BCUT2D eigenvalue weighted by Crippen LogP contribution is -2.38. The van der Waals surface area contributed by atoms with Gasteiger partial charge in [0.2, 0.25) is 0 Å². The standard InChI is InChI=1S/C22H18N4O3/c23-13-20-18(21(20,14-24)22(26-19(20)25)28-10-11-29-22)16-6-8-17(9-7-16)27-12-15-4-2-1-3-5-15/h1-9,18H,10-12H2,(H2,25,26)/t18-,20-,21+/m0/s1. The van der Waals surface area contributed by atoms with Crippen LogP contribution >= 0.6 is 0 Å². The molecule has 0 bridgehead atoms. The third-order valence-corrected chi connectivity index (χ3v) is 6.07. The SMILES string of the molecule is N#C[C@@]12[C@@H](c3ccc(OCc4ccccc4)cc3)[C@@]1(C#N)C(N)=NC21OCCO1. The van der Waals surface area contributed by atoms with Gasteiger partial charge >= 0.3 is 0 Å². The van der Waals surface area contributed by atoms with Crippen LogP contribution in [0.5, 0.6) is 5.75 Å². The lowest BCUT2D eigenvalue weighted by atomic mass is 9.94. The Bertz CT molecular complexity index is 1060. The first-order chi connectivity index (χ1) is 14.1. The van der Waals surface area contributed by atoms with Gasteiger partial charge in [-0.2, -0.15) is 10.5 Å². The monoisotopic (exact) mass is 386 g/mol. The number of rotatable bonds is 4. The van der Waals surface area contributed by atoms with Crippen LogP contribution in [-0.4, -0.2) is 25.0 Å². The quantitative estimate of drug-likeness (QED) is 0.863. The molecule has 2 aliphatic heterocycles. The number of nitrogens with zero attached hydrogens (tertiary/aromatic N) is 3. The summed E-state index contributed by atoms with van der Waals surface area (Å²) in [6, 6.07) is 21.8. The van der Waals surface area contributed by atoms with Crippen molar-refractivity contribution in [1.82, 2.24) is 0 Å². The van der Waals surface area contributed by atoms with Gasteiger partial charge in [-0.05, 0) is 23.3 Å². The van der Waals surface area contributed by atoms with Crippen molar-refractivity contribution in [2.24, 2.45) is 21.6 Å². The highest BCUT2D eigenvalue weighted by atomic mass is 16.8. The van der Waals surface area contributed by atoms with Crippen molar-refractivity contribution in [2.75, 3.05) is 13.2 Å². The molecule has 1 spiro atoms. The number of ether oxygens (including phenoxy) is 3. The molecule has 2 fully saturated rings. The van der Waals surface area contributed by atoms with Crippen LogP contribution in [0.25, 0.3) is 0 Å². The molecular weight excluding hydrogens is 368 g/mol. The Morgan fingerprint density at radius 2 is 1.72 bits per heavy atom. The number of nitrogens with two attached hydrogens (primary N) is 1. The molecule has 1 aliphatic carbocycles. The second-order valence-electron chi connectivity index (χ2n) is 7.39. The summed E-state index contributed by atoms with van der Waals surface area (Å²) in [5.41, 5.74) is 5.47. The largest absolute Gasteiger partial charge is 0.489 e. The van der Waals surface area contributed by atoms with Crippen LogP contribution in [0.4, 0.5) is 0 Å². The molecular formula is C22H18N4O3. The Hall–Kier alpha value is -3.39. The fourth-order valence-corrected chi connectivity index (χ4v) is 4.72. The number of fused-ring (bicyclic) bond motifs is 2. The summed E-state index contributed by atoms with van der Waals surface area (Å²) >= 11 is 0. The van der Waals surface area contributed by atoms with Crippen LogP contribution < -0.4 is 10.5 Å². The summed E-state index contributed by atoms with van der Waals surface area (Å²) in [5, 5.41) is 20.1. The van der Waals surface area contributed by atoms with E-state index in [2.05, 4.69) is 17.1 Å². The maximum atomic E-state index is 10.1. The van der Waals surface area contributed by atoms with Crippen LogP contribution in [0.2, 0.25) is 0 Å². The Morgan fingerprint density at radius 3 is 2.34 bits per heavy atom. The van der Waals surface area contributed by atoms with Crippen molar-refractivity contribution in [3.05, 3.63) is 65.7 Å². The molecule has 3 aliphatic rings. The van der Waals surface area contributed by atoms with E-state index >= 15 is 0 Å². The molecule has 2 heterocycles. The molecule has 1 saturated heterocycles. The van der Waals surface area contributed by atoms with Gasteiger partial charge in [0.15, 0.2) is 5.41 Å².